The van der Waals surface area contributed by atoms with E-state index < -0.39 is 0 Å². The van der Waals surface area contributed by atoms with E-state index in [1.165, 1.54) is 0 Å². The highest BCUT2D eigenvalue weighted by Crippen LogP contribution is 2.27. The first-order valence-corrected chi connectivity index (χ1v) is 4.94. The van der Waals surface area contributed by atoms with Crippen molar-refractivity contribution in [3.63, 3.8) is 0 Å². The van der Waals surface area contributed by atoms with Crippen LogP contribution in [0.1, 0.15) is 18.7 Å². The van der Waals surface area contributed by atoms with Gasteiger partial charge in [0.1, 0.15) is 12.4 Å². The fourth-order valence-electron chi connectivity index (χ4n) is 1.54. The molecule has 0 aliphatic carbocycles. The Bertz CT molecular complexity index is 365. The van der Waals surface area contributed by atoms with Crippen molar-refractivity contribution in [1.29, 1.82) is 0 Å². The Morgan fingerprint density at radius 2 is 2.33 bits per heavy atom. The lowest BCUT2D eigenvalue weighted by Gasteiger charge is -2.14. The van der Waals surface area contributed by atoms with Crippen LogP contribution in [0.2, 0.25) is 0 Å². The van der Waals surface area contributed by atoms with Crippen LogP contribution in [-0.2, 0) is 9.53 Å². The number of hydrogen-bond acceptors (Lipinski definition) is 3. The van der Waals surface area contributed by atoms with Crippen molar-refractivity contribution < 1.29 is 14.3 Å². The van der Waals surface area contributed by atoms with Gasteiger partial charge in [0.2, 0.25) is 5.91 Å². The Balaban J connectivity index is 2.22. The predicted molar refractivity (Wildman–Crippen MR) is 54.4 cm³/mol. The second-order valence-electron chi connectivity index (χ2n) is 3.23. The van der Waals surface area contributed by atoms with E-state index in [1.807, 2.05) is 31.2 Å². The molecule has 4 nitrogen and oxygen atoms in total. The van der Waals surface area contributed by atoms with Crippen LogP contribution in [0.4, 0.5) is 0 Å². The molecule has 1 aromatic carbocycles. The number of rotatable bonds is 3. The zero-order valence-electron chi connectivity index (χ0n) is 8.53. The number of para-hydroxylation sites is 1. The second kappa shape index (κ2) is 4.31. The topological polar surface area (TPSA) is 47.6 Å². The Morgan fingerprint density at radius 1 is 1.53 bits per heavy atom. The maximum atomic E-state index is 11.0. The van der Waals surface area contributed by atoms with Crippen LogP contribution in [0.25, 0.3) is 0 Å². The van der Waals surface area contributed by atoms with Crippen LogP contribution in [0.5, 0.6) is 5.75 Å². The molecule has 1 aliphatic rings. The molecule has 1 amide bonds. The van der Waals surface area contributed by atoms with Gasteiger partial charge in [-0.2, -0.15) is 0 Å². The third-order valence-electron chi connectivity index (χ3n) is 2.17. The van der Waals surface area contributed by atoms with Crippen LogP contribution >= 0.6 is 0 Å². The van der Waals surface area contributed by atoms with E-state index in [0.29, 0.717) is 6.61 Å². The summed E-state index contributed by atoms with van der Waals surface area (Å²) in [6.07, 6.45) is -0.375. The highest BCUT2D eigenvalue weighted by molar-refractivity contribution is 5.79. The Morgan fingerprint density at radius 3 is 3.00 bits per heavy atom. The Labute approximate surface area is 88.2 Å². The standard InChI is InChI=1S/C11H13NO3/c1-2-14-9-6-4-3-5-8(9)11-12-10(13)7-15-11/h3-6,11H,2,7H2,1H3,(H,12,13). The molecule has 0 saturated carbocycles. The van der Waals surface area contributed by atoms with Gasteiger partial charge >= 0.3 is 0 Å². The summed E-state index contributed by atoms with van der Waals surface area (Å²) in [5, 5.41) is 2.73. The summed E-state index contributed by atoms with van der Waals surface area (Å²) in [4.78, 5) is 11.0. The van der Waals surface area contributed by atoms with Gasteiger partial charge in [-0.3, -0.25) is 4.79 Å². The number of ether oxygens (including phenoxy) is 2. The smallest absolute Gasteiger partial charge is 0.248 e. The summed E-state index contributed by atoms with van der Waals surface area (Å²) in [5.41, 5.74) is 0.866. The second-order valence-corrected chi connectivity index (χ2v) is 3.23. The fourth-order valence-corrected chi connectivity index (χ4v) is 1.54. The van der Waals surface area contributed by atoms with Crippen molar-refractivity contribution >= 4 is 5.91 Å². The highest BCUT2D eigenvalue weighted by atomic mass is 16.5. The van der Waals surface area contributed by atoms with Crippen molar-refractivity contribution in [3.05, 3.63) is 29.8 Å². The molecule has 1 unspecified atom stereocenters. The van der Waals surface area contributed by atoms with Crippen molar-refractivity contribution in [2.45, 2.75) is 13.2 Å². The van der Waals surface area contributed by atoms with E-state index >= 15 is 0 Å². The van der Waals surface area contributed by atoms with Crippen molar-refractivity contribution in [2.75, 3.05) is 13.2 Å². The maximum Gasteiger partial charge on any atom is 0.248 e. The summed E-state index contributed by atoms with van der Waals surface area (Å²) in [7, 11) is 0. The molecule has 80 valence electrons. The Hall–Kier alpha value is -1.55. The minimum absolute atomic E-state index is 0.0914. The van der Waals surface area contributed by atoms with E-state index in [2.05, 4.69) is 5.32 Å². The lowest BCUT2D eigenvalue weighted by atomic mass is 10.2. The maximum absolute atomic E-state index is 11.0. The molecule has 0 spiro atoms. The lowest BCUT2D eigenvalue weighted by Crippen LogP contribution is -2.20. The van der Waals surface area contributed by atoms with Gasteiger partial charge in [0.15, 0.2) is 6.23 Å². The third kappa shape index (κ3) is 2.10. The van der Waals surface area contributed by atoms with Gasteiger partial charge in [-0.15, -0.1) is 0 Å². The summed E-state index contributed by atoms with van der Waals surface area (Å²) >= 11 is 0. The average molecular weight is 207 g/mol. The minimum atomic E-state index is -0.375. The molecule has 0 radical (unpaired) electrons. The molecule has 4 heteroatoms. The van der Waals surface area contributed by atoms with Crippen LogP contribution in [0.3, 0.4) is 0 Å². The molecule has 15 heavy (non-hydrogen) atoms. The molecule has 1 N–H and O–H groups in total. The first-order chi connectivity index (χ1) is 7.31. The van der Waals surface area contributed by atoms with Crippen LogP contribution in [0.15, 0.2) is 24.3 Å². The van der Waals surface area contributed by atoms with E-state index in [-0.39, 0.29) is 18.7 Å². The van der Waals surface area contributed by atoms with Crippen molar-refractivity contribution in [2.24, 2.45) is 0 Å². The monoisotopic (exact) mass is 207 g/mol. The third-order valence-corrected chi connectivity index (χ3v) is 2.17. The number of carbonyl (C=O) groups is 1. The van der Waals surface area contributed by atoms with Crippen molar-refractivity contribution in [3.8, 4) is 5.75 Å². The number of nitrogens with one attached hydrogen (secondary N) is 1. The number of hydrogen-bond donors (Lipinski definition) is 1. The molecule has 1 atom stereocenters. The van der Waals surface area contributed by atoms with Gasteiger partial charge in [-0.05, 0) is 13.0 Å². The molecule has 1 fully saturated rings. The summed E-state index contributed by atoms with van der Waals surface area (Å²) in [6.45, 7) is 2.63. The molecule has 1 aromatic rings. The first-order valence-electron chi connectivity index (χ1n) is 4.94. The lowest BCUT2D eigenvalue weighted by molar-refractivity contribution is -0.119. The summed E-state index contributed by atoms with van der Waals surface area (Å²) in [6, 6.07) is 7.55. The quantitative estimate of drug-likeness (QED) is 0.811. The molecule has 1 aliphatic heterocycles. The largest absolute Gasteiger partial charge is 0.493 e. The van der Waals surface area contributed by atoms with Crippen molar-refractivity contribution in [1.82, 2.24) is 5.32 Å². The summed E-state index contributed by atoms with van der Waals surface area (Å²) in [5.74, 6) is 0.665. The van der Waals surface area contributed by atoms with E-state index in [0.717, 1.165) is 11.3 Å². The summed E-state index contributed by atoms with van der Waals surface area (Å²) < 4.78 is 10.8. The van der Waals surface area contributed by atoms with Gasteiger partial charge < -0.3 is 14.8 Å². The predicted octanol–water partition coefficient (Wildman–Crippen LogP) is 1.23. The minimum Gasteiger partial charge on any atom is -0.493 e. The van der Waals surface area contributed by atoms with Gasteiger partial charge in [-0.25, -0.2) is 0 Å². The van der Waals surface area contributed by atoms with E-state index in [4.69, 9.17) is 9.47 Å². The van der Waals surface area contributed by atoms with Crippen LogP contribution < -0.4 is 10.1 Å². The molecular formula is C11H13NO3. The molecular weight excluding hydrogens is 194 g/mol. The van der Waals surface area contributed by atoms with E-state index in [9.17, 15) is 4.79 Å². The van der Waals surface area contributed by atoms with E-state index in [1.54, 1.807) is 0 Å². The average Bonchev–Trinajstić information content (AvgIpc) is 2.66. The SMILES string of the molecule is CCOc1ccccc1C1NC(=O)CO1. The zero-order chi connectivity index (χ0) is 10.7. The van der Waals surface area contributed by atoms with Crippen LogP contribution in [-0.4, -0.2) is 19.1 Å². The van der Waals surface area contributed by atoms with Crippen LogP contribution in [0, 0.1) is 0 Å². The highest BCUT2D eigenvalue weighted by Gasteiger charge is 2.25. The van der Waals surface area contributed by atoms with Gasteiger partial charge in [-0.1, -0.05) is 18.2 Å². The molecule has 0 bridgehead atoms. The normalized spacial score (nSPS) is 20.1. The number of carbonyl (C=O) groups excluding carboxylic acids is 1. The first kappa shape index (κ1) is 9.98. The molecule has 1 saturated heterocycles. The number of amides is 1. The van der Waals surface area contributed by atoms with Gasteiger partial charge in [0, 0.05) is 5.56 Å². The Kier molecular flexibility index (Phi) is 2.87. The molecule has 1 heterocycles. The molecule has 2 rings (SSSR count). The van der Waals surface area contributed by atoms with Gasteiger partial charge in [0.05, 0.1) is 6.61 Å². The molecule has 0 aromatic heterocycles. The van der Waals surface area contributed by atoms with Gasteiger partial charge in [0.25, 0.3) is 0 Å². The fraction of sp³-hybridized carbons (Fsp3) is 0.364. The zero-order valence-corrected chi connectivity index (χ0v) is 8.53. The number of benzene rings is 1.